The quantitative estimate of drug-likeness (QED) is 0.257. The lowest BCUT2D eigenvalue weighted by Gasteiger charge is -2.07. The molecule has 0 radical (unpaired) electrons. The van der Waals surface area contributed by atoms with Crippen LogP contribution in [0.15, 0.2) is 77.9 Å². The number of hydrazone groups is 1. The maximum atomic E-state index is 11.8. The van der Waals surface area contributed by atoms with Gasteiger partial charge in [0.05, 0.1) is 6.21 Å². The highest BCUT2D eigenvalue weighted by Crippen LogP contribution is 2.16. The van der Waals surface area contributed by atoms with E-state index in [4.69, 9.17) is 21.1 Å². The molecule has 3 aromatic carbocycles. The second kappa shape index (κ2) is 10.8. The molecular weight excluding hydrogens is 503 g/mol. The van der Waals surface area contributed by atoms with E-state index in [1.165, 1.54) is 3.57 Å². The highest BCUT2D eigenvalue weighted by Gasteiger charge is 2.01. The monoisotopic (exact) mass is 520 g/mol. The number of benzene rings is 3. The van der Waals surface area contributed by atoms with Crippen LogP contribution in [0.4, 0.5) is 0 Å². The smallest absolute Gasteiger partial charge is 0.277 e. The minimum atomic E-state index is -0.353. The molecule has 1 N–H and O–H groups in total. The molecule has 0 atom stereocenters. The van der Waals surface area contributed by atoms with Crippen molar-refractivity contribution < 1.29 is 14.3 Å². The summed E-state index contributed by atoms with van der Waals surface area (Å²) in [5.74, 6) is 0.976. The van der Waals surface area contributed by atoms with Gasteiger partial charge in [0.25, 0.3) is 5.91 Å². The van der Waals surface area contributed by atoms with Crippen LogP contribution in [0.1, 0.15) is 11.1 Å². The number of nitrogens with one attached hydrogen (secondary N) is 1. The summed E-state index contributed by atoms with van der Waals surface area (Å²) in [6.07, 6.45) is 1.56. The van der Waals surface area contributed by atoms with Crippen LogP contribution in [0.5, 0.6) is 11.5 Å². The number of hydrogen-bond acceptors (Lipinski definition) is 4. The Hall–Kier alpha value is -2.58. The van der Waals surface area contributed by atoms with E-state index in [0.717, 1.165) is 16.9 Å². The number of ether oxygens (including phenoxy) is 2. The summed E-state index contributed by atoms with van der Waals surface area (Å²) >= 11 is 8.07. The molecule has 0 aromatic heterocycles. The maximum absolute atomic E-state index is 11.8. The molecule has 7 heteroatoms. The number of nitrogens with zero attached hydrogens (tertiary/aromatic N) is 1. The fourth-order valence-electron chi connectivity index (χ4n) is 2.29. The van der Waals surface area contributed by atoms with Crippen molar-refractivity contribution in [2.24, 2.45) is 5.10 Å². The van der Waals surface area contributed by atoms with Crippen LogP contribution < -0.4 is 14.9 Å². The van der Waals surface area contributed by atoms with Crippen LogP contribution >= 0.6 is 34.2 Å². The largest absolute Gasteiger partial charge is 0.489 e. The van der Waals surface area contributed by atoms with Gasteiger partial charge in [0, 0.05) is 8.59 Å². The van der Waals surface area contributed by atoms with Gasteiger partial charge in [-0.25, -0.2) is 5.43 Å². The fourth-order valence-corrected chi connectivity index (χ4v) is 2.77. The van der Waals surface area contributed by atoms with Crippen LogP contribution in [0.3, 0.4) is 0 Å². The van der Waals surface area contributed by atoms with Crippen molar-refractivity contribution in [2.75, 3.05) is 6.61 Å². The summed E-state index contributed by atoms with van der Waals surface area (Å²) in [7, 11) is 0. The lowest BCUT2D eigenvalue weighted by molar-refractivity contribution is -0.123. The zero-order valence-electron chi connectivity index (χ0n) is 15.3. The topological polar surface area (TPSA) is 59.9 Å². The van der Waals surface area contributed by atoms with Crippen molar-refractivity contribution in [1.29, 1.82) is 0 Å². The van der Waals surface area contributed by atoms with Crippen molar-refractivity contribution in [3.63, 3.8) is 0 Å². The lowest BCUT2D eigenvalue weighted by atomic mass is 10.2. The molecule has 0 saturated heterocycles. The van der Waals surface area contributed by atoms with E-state index in [1.54, 1.807) is 30.5 Å². The Labute approximate surface area is 187 Å². The summed E-state index contributed by atoms with van der Waals surface area (Å²) in [5.41, 5.74) is 4.38. The van der Waals surface area contributed by atoms with Gasteiger partial charge in [0.2, 0.25) is 0 Å². The first-order valence-corrected chi connectivity index (χ1v) is 10.2. The molecule has 0 aliphatic rings. The SMILES string of the molecule is O=C(COc1ccc(Cl)cc1)N/N=C\c1ccc(OCc2ccc(I)cc2)cc1. The van der Waals surface area contributed by atoms with Gasteiger partial charge in [-0.05, 0) is 94.4 Å². The standard InChI is InChI=1S/C22H18ClIN2O3/c23-18-5-11-21(12-6-18)29-15-22(27)26-25-13-16-3-9-20(10-4-16)28-14-17-1-7-19(24)8-2-17/h1-13H,14-15H2,(H,26,27)/b25-13-. The second-order valence-corrected chi connectivity index (χ2v) is 7.70. The van der Waals surface area contributed by atoms with Gasteiger partial charge in [-0.3, -0.25) is 4.79 Å². The molecule has 0 heterocycles. The summed E-state index contributed by atoms with van der Waals surface area (Å²) in [5, 5.41) is 4.54. The highest BCUT2D eigenvalue weighted by atomic mass is 127. The van der Waals surface area contributed by atoms with Crippen LogP contribution in [-0.4, -0.2) is 18.7 Å². The van der Waals surface area contributed by atoms with Crippen LogP contribution in [0.2, 0.25) is 5.02 Å². The summed E-state index contributed by atoms with van der Waals surface area (Å²) in [6, 6.07) is 22.4. The van der Waals surface area contributed by atoms with Gasteiger partial charge in [-0.15, -0.1) is 0 Å². The third-order valence-electron chi connectivity index (χ3n) is 3.79. The molecule has 148 valence electrons. The molecule has 0 bridgehead atoms. The Bertz CT molecular complexity index is 959. The molecule has 3 rings (SSSR count). The summed E-state index contributed by atoms with van der Waals surface area (Å²) < 4.78 is 12.3. The van der Waals surface area contributed by atoms with Crippen LogP contribution in [-0.2, 0) is 11.4 Å². The number of carbonyl (C=O) groups is 1. The second-order valence-electron chi connectivity index (χ2n) is 6.02. The minimum absolute atomic E-state index is 0.135. The third-order valence-corrected chi connectivity index (χ3v) is 4.76. The van der Waals surface area contributed by atoms with Crippen molar-refractivity contribution in [3.05, 3.63) is 92.5 Å². The van der Waals surface area contributed by atoms with Crippen LogP contribution in [0, 0.1) is 3.57 Å². The Morgan fingerprint density at radius 2 is 1.55 bits per heavy atom. The lowest BCUT2D eigenvalue weighted by Crippen LogP contribution is -2.24. The van der Waals surface area contributed by atoms with E-state index in [0.29, 0.717) is 17.4 Å². The van der Waals surface area contributed by atoms with Gasteiger partial charge >= 0.3 is 0 Å². The Morgan fingerprint density at radius 3 is 2.24 bits per heavy atom. The molecule has 0 unspecified atom stereocenters. The van der Waals surface area contributed by atoms with E-state index >= 15 is 0 Å². The van der Waals surface area contributed by atoms with E-state index < -0.39 is 0 Å². The van der Waals surface area contributed by atoms with E-state index in [9.17, 15) is 4.79 Å². The molecular formula is C22H18ClIN2O3. The Balaban J connectivity index is 1.41. The fraction of sp³-hybridized carbons (Fsp3) is 0.0909. The number of carbonyl (C=O) groups excluding carboxylic acids is 1. The van der Waals surface area contributed by atoms with E-state index in [-0.39, 0.29) is 12.5 Å². The number of hydrogen-bond donors (Lipinski definition) is 1. The molecule has 0 saturated carbocycles. The minimum Gasteiger partial charge on any atom is -0.489 e. The average Bonchev–Trinajstić information content (AvgIpc) is 2.74. The van der Waals surface area contributed by atoms with E-state index in [1.807, 2.05) is 48.5 Å². The molecule has 3 aromatic rings. The van der Waals surface area contributed by atoms with Gasteiger partial charge < -0.3 is 9.47 Å². The first kappa shape index (κ1) is 21.1. The first-order chi connectivity index (χ1) is 14.1. The summed E-state index contributed by atoms with van der Waals surface area (Å²) in [6.45, 7) is 0.373. The zero-order chi connectivity index (χ0) is 20.5. The van der Waals surface area contributed by atoms with Crippen molar-refractivity contribution >= 4 is 46.3 Å². The van der Waals surface area contributed by atoms with Crippen molar-refractivity contribution in [2.45, 2.75) is 6.61 Å². The van der Waals surface area contributed by atoms with Crippen molar-refractivity contribution in [3.8, 4) is 11.5 Å². The van der Waals surface area contributed by atoms with Gasteiger partial charge in [-0.1, -0.05) is 23.7 Å². The molecule has 1 amide bonds. The maximum Gasteiger partial charge on any atom is 0.277 e. The molecule has 0 fully saturated rings. The Kier molecular flexibility index (Phi) is 7.89. The third kappa shape index (κ3) is 7.40. The number of rotatable bonds is 8. The first-order valence-electron chi connectivity index (χ1n) is 8.76. The molecule has 0 aliphatic carbocycles. The molecule has 5 nitrogen and oxygen atoms in total. The average molecular weight is 521 g/mol. The normalized spacial score (nSPS) is 10.7. The molecule has 0 aliphatic heterocycles. The van der Waals surface area contributed by atoms with Crippen molar-refractivity contribution in [1.82, 2.24) is 5.43 Å². The molecule has 0 spiro atoms. The predicted octanol–water partition coefficient (Wildman–Crippen LogP) is 5.05. The van der Waals surface area contributed by atoms with Crippen LogP contribution in [0.25, 0.3) is 0 Å². The Morgan fingerprint density at radius 1 is 0.931 bits per heavy atom. The van der Waals surface area contributed by atoms with E-state index in [2.05, 4.69) is 33.1 Å². The van der Waals surface area contributed by atoms with Gasteiger partial charge in [0.1, 0.15) is 18.1 Å². The summed E-state index contributed by atoms with van der Waals surface area (Å²) in [4.78, 5) is 11.8. The van der Waals surface area contributed by atoms with Gasteiger partial charge in [0.15, 0.2) is 6.61 Å². The number of amides is 1. The predicted molar refractivity (Wildman–Crippen MR) is 123 cm³/mol. The number of halogens is 2. The highest BCUT2D eigenvalue weighted by molar-refractivity contribution is 14.1. The molecule has 29 heavy (non-hydrogen) atoms. The zero-order valence-corrected chi connectivity index (χ0v) is 18.3. The van der Waals surface area contributed by atoms with Gasteiger partial charge in [-0.2, -0.15) is 5.10 Å².